The molecule has 3 fully saturated rings. The van der Waals surface area contributed by atoms with Gasteiger partial charge in [-0.05, 0) is 119 Å². The average molecular weight is 468 g/mol. The van der Waals surface area contributed by atoms with E-state index in [1.54, 1.807) is 11.1 Å². The molecule has 1 aliphatic heterocycles. The van der Waals surface area contributed by atoms with Crippen LogP contribution in [0.1, 0.15) is 113 Å². The summed E-state index contributed by atoms with van der Waals surface area (Å²) in [6, 6.07) is 4.88. The van der Waals surface area contributed by atoms with E-state index >= 15 is 0 Å². The van der Waals surface area contributed by atoms with Gasteiger partial charge in [-0.2, -0.15) is 0 Å². The van der Waals surface area contributed by atoms with Crippen LogP contribution in [0.2, 0.25) is 0 Å². The third kappa shape index (κ3) is 5.44. The largest absolute Gasteiger partial charge is 0.491 e. The predicted molar refractivity (Wildman–Crippen MR) is 134 cm³/mol. The quantitative estimate of drug-likeness (QED) is 0.455. The normalized spacial score (nSPS) is 28.0. The number of carboxylic acids is 1. The number of aliphatic carboxylic acids is 1. The third-order valence-electron chi connectivity index (χ3n) is 8.55. The van der Waals surface area contributed by atoms with Crippen LogP contribution in [0.3, 0.4) is 0 Å². The minimum Gasteiger partial charge on any atom is -0.491 e. The third-order valence-corrected chi connectivity index (χ3v) is 8.55. The molecular formula is C29H41NO4. The van der Waals surface area contributed by atoms with Crippen molar-refractivity contribution in [2.45, 2.75) is 109 Å². The Labute approximate surface area is 204 Å². The first-order valence-corrected chi connectivity index (χ1v) is 13.7. The second-order valence-corrected chi connectivity index (χ2v) is 11.5. The van der Waals surface area contributed by atoms with Crippen LogP contribution < -0.4 is 4.74 Å². The zero-order valence-electron chi connectivity index (χ0n) is 20.9. The van der Waals surface area contributed by atoms with Gasteiger partial charge in [-0.25, -0.2) is 0 Å². The zero-order valence-corrected chi connectivity index (χ0v) is 20.9. The van der Waals surface area contributed by atoms with Gasteiger partial charge in [0.2, 0.25) is 0 Å². The van der Waals surface area contributed by atoms with E-state index in [-0.39, 0.29) is 12.0 Å². The topological polar surface area (TPSA) is 68.1 Å². The summed E-state index contributed by atoms with van der Waals surface area (Å²) in [6.07, 6.45) is 13.2. The molecule has 5 heteroatoms. The summed E-state index contributed by atoms with van der Waals surface area (Å²) >= 11 is 0. The van der Waals surface area contributed by atoms with Gasteiger partial charge in [0, 0.05) is 11.8 Å². The standard InChI is InChI=1S/C29H41NO4/c1-18(2)34-28-16-26(20-4-3-5-20)25(21-7-8-21)15-24(28)14-19-6-13-27(30-33-17-19)22-9-11-23(12-10-22)29(31)32/h15-16,18-23H,3-14,17H2,1-2H3,(H,31,32). The fourth-order valence-corrected chi connectivity index (χ4v) is 6.13. The molecule has 34 heavy (non-hydrogen) atoms. The first-order valence-electron chi connectivity index (χ1n) is 13.7. The van der Waals surface area contributed by atoms with E-state index in [0.29, 0.717) is 18.4 Å². The number of ether oxygens (including phenoxy) is 1. The average Bonchev–Trinajstić information content (AvgIpc) is 3.62. The Morgan fingerprint density at radius 1 is 1.00 bits per heavy atom. The number of rotatable bonds is 8. The molecule has 4 aliphatic rings. The summed E-state index contributed by atoms with van der Waals surface area (Å²) in [5.41, 5.74) is 5.66. The minimum absolute atomic E-state index is 0.168. The number of hydrogen-bond donors (Lipinski definition) is 1. The highest BCUT2D eigenvalue weighted by molar-refractivity contribution is 5.86. The van der Waals surface area contributed by atoms with Crippen molar-refractivity contribution in [3.63, 3.8) is 0 Å². The van der Waals surface area contributed by atoms with Gasteiger partial charge >= 0.3 is 5.97 Å². The number of carbonyl (C=O) groups is 1. The zero-order chi connectivity index (χ0) is 23.7. The van der Waals surface area contributed by atoms with E-state index in [4.69, 9.17) is 9.57 Å². The van der Waals surface area contributed by atoms with Crippen molar-refractivity contribution < 1.29 is 19.5 Å². The number of carboxylic acid groups (broad SMARTS) is 1. The minimum atomic E-state index is -0.647. The van der Waals surface area contributed by atoms with E-state index in [0.717, 1.165) is 68.2 Å². The lowest BCUT2D eigenvalue weighted by Crippen LogP contribution is -2.26. The molecule has 0 spiro atoms. The summed E-state index contributed by atoms with van der Waals surface area (Å²) in [5.74, 6) is 2.55. The van der Waals surface area contributed by atoms with Crippen molar-refractivity contribution in [1.82, 2.24) is 0 Å². The summed E-state index contributed by atoms with van der Waals surface area (Å²) in [5, 5.41) is 13.8. The van der Waals surface area contributed by atoms with Crippen LogP contribution in [-0.4, -0.2) is 29.5 Å². The van der Waals surface area contributed by atoms with Gasteiger partial charge < -0.3 is 14.7 Å². The van der Waals surface area contributed by atoms with Crippen LogP contribution in [0, 0.1) is 17.8 Å². The molecular weight excluding hydrogens is 426 g/mol. The Morgan fingerprint density at radius 3 is 2.29 bits per heavy atom. The Bertz CT molecular complexity index is 907. The second-order valence-electron chi connectivity index (χ2n) is 11.5. The van der Waals surface area contributed by atoms with Gasteiger partial charge in [-0.15, -0.1) is 0 Å². The maximum Gasteiger partial charge on any atom is 0.306 e. The highest BCUT2D eigenvalue weighted by Crippen LogP contribution is 2.49. The molecule has 5 nitrogen and oxygen atoms in total. The molecule has 1 aromatic carbocycles. The van der Waals surface area contributed by atoms with Crippen molar-refractivity contribution >= 4 is 11.7 Å². The smallest absolute Gasteiger partial charge is 0.306 e. The van der Waals surface area contributed by atoms with Gasteiger partial charge in [0.15, 0.2) is 0 Å². The molecule has 1 atom stereocenters. The molecule has 186 valence electrons. The fourth-order valence-electron chi connectivity index (χ4n) is 6.13. The Hall–Kier alpha value is -2.04. The van der Waals surface area contributed by atoms with Gasteiger partial charge in [0.05, 0.1) is 17.7 Å². The van der Waals surface area contributed by atoms with Gasteiger partial charge in [0.1, 0.15) is 12.4 Å². The van der Waals surface area contributed by atoms with Crippen molar-refractivity contribution in [2.75, 3.05) is 6.61 Å². The van der Waals surface area contributed by atoms with E-state index in [2.05, 4.69) is 31.1 Å². The summed E-state index contributed by atoms with van der Waals surface area (Å²) in [7, 11) is 0. The highest BCUT2D eigenvalue weighted by Gasteiger charge is 2.33. The maximum atomic E-state index is 11.3. The molecule has 1 unspecified atom stereocenters. The van der Waals surface area contributed by atoms with E-state index in [9.17, 15) is 9.90 Å². The molecule has 1 aromatic rings. The first-order chi connectivity index (χ1) is 16.5. The molecule has 0 bridgehead atoms. The van der Waals surface area contributed by atoms with Crippen LogP contribution in [0.15, 0.2) is 17.3 Å². The van der Waals surface area contributed by atoms with Crippen LogP contribution in [0.5, 0.6) is 5.75 Å². The van der Waals surface area contributed by atoms with Gasteiger partial charge in [0.25, 0.3) is 0 Å². The lowest BCUT2D eigenvalue weighted by atomic mass is 9.76. The Morgan fingerprint density at radius 2 is 1.68 bits per heavy atom. The molecule has 1 N–H and O–H groups in total. The lowest BCUT2D eigenvalue weighted by Gasteiger charge is -2.30. The molecule has 0 amide bonds. The summed E-state index contributed by atoms with van der Waals surface area (Å²) < 4.78 is 6.36. The van der Waals surface area contributed by atoms with Crippen molar-refractivity contribution in [2.24, 2.45) is 22.9 Å². The summed E-state index contributed by atoms with van der Waals surface area (Å²) in [4.78, 5) is 17.1. The Kier molecular flexibility index (Phi) is 7.17. The predicted octanol–water partition coefficient (Wildman–Crippen LogP) is 6.83. The van der Waals surface area contributed by atoms with Crippen molar-refractivity contribution in [3.05, 3.63) is 28.8 Å². The summed E-state index contributed by atoms with van der Waals surface area (Å²) in [6.45, 7) is 4.89. The SMILES string of the molecule is CC(C)Oc1cc(C2CCC2)c(C2CC2)cc1CC1CCC(C2CCC(C(=O)O)CC2)=NOC1. The van der Waals surface area contributed by atoms with E-state index < -0.39 is 5.97 Å². The van der Waals surface area contributed by atoms with Crippen molar-refractivity contribution in [1.29, 1.82) is 0 Å². The van der Waals surface area contributed by atoms with Crippen LogP contribution in [-0.2, 0) is 16.1 Å². The molecule has 5 rings (SSSR count). The number of benzene rings is 1. The number of oxime groups is 1. The van der Waals surface area contributed by atoms with Gasteiger partial charge in [-0.3, -0.25) is 4.79 Å². The second kappa shape index (κ2) is 10.3. The van der Waals surface area contributed by atoms with E-state index in [1.165, 1.54) is 37.7 Å². The van der Waals surface area contributed by atoms with Crippen LogP contribution >= 0.6 is 0 Å². The molecule has 3 saturated carbocycles. The fraction of sp³-hybridized carbons (Fsp3) is 0.724. The first kappa shape index (κ1) is 23.7. The number of nitrogens with zero attached hydrogens (tertiary/aromatic N) is 1. The highest BCUT2D eigenvalue weighted by atomic mass is 16.6. The molecule has 0 saturated heterocycles. The van der Waals surface area contributed by atoms with Crippen LogP contribution in [0.25, 0.3) is 0 Å². The van der Waals surface area contributed by atoms with E-state index in [1.807, 2.05) is 0 Å². The molecule has 0 aromatic heterocycles. The molecule has 1 heterocycles. The molecule has 3 aliphatic carbocycles. The molecule has 0 radical (unpaired) electrons. The Balaban J connectivity index is 1.27. The van der Waals surface area contributed by atoms with Crippen molar-refractivity contribution in [3.8, 4) is 5.75 Å². The maximum absolute atomic E-state index is 11.3. The van der Waals surface area contributed by atoms with Crippen LogP contribution in [0.4, 0.5) is 0 Å². The number of hydrogen-bond acceptors (Lipinski definition) is 4. The monoisotopic (exact) mass is 467 g/mol. The lowest BCUT2D eigenvalue weighted by molar-refractivity contribution is -0.142. The van der Waals surface area contributed by atoms with Gasteiger partial charge in [-0.1, -0.05) is 17.6 Å².